The Morgan fingerprint density at radius 3 is 2.06 bits per heavy atom. The number of carbonyl (C=O) groups is 2. The quantitative estimate of drug-likeness (QED) is 0.628. The van der Waals surface area contributed by atoms with E-state index in [1.165, 1.54) is 0 Å². The first-order valence-corrected chi connectivity index (χ1v) is 11.7. The molecule has 1 saturated heterocycles. The minimum absolute atomic E-state index is 0.00164. The lowest BCUT2D eigenvalue weighted by molar-refractivity contribution is 0.0651. The van der Waals surface area contributed by atoms with Crippen LogP contribution in [0.1, 0.15) is 85.4 Å². The molecule has 0 spiro atoms. The molecule has 1 fully saturated rings. The predicted molar refractivity (Wildman–Crippen MR) is 131 cm³/mol. The molecule has 0 N–H and O–H groups in total. The van der Waals surface area contributed by atoms with Gasteiger partial charge in [0.1, 0.15) is 0 Å². The van der Waals surface area contributed by atoms with Crippen LogP contribution in [-0.4, -0.2) is 48.3 Å². The summed E-state index contributed by atoms with van der Waals surface area (Å²) in [5, 5.41) is 0. The molecule has 1 aliphatic heterocycles. The highest BCUT2D eigenvalue weighted by molar-refractivity contribution is 5.95. The fraction of sp³-hybridized carbons (Fsp3) is 0.500. The van der Waals surface area contributed by atoms with E-state index in [1.807, 2.05) is 42.3 Å². The molecule has 0 saturated carbocycles. The zero-order valence-electron chi connectivity index (χ0n) is 20.8. The summed E-state index contributed by atoms with van der Waals surface area (Å²) >= 11 is 0. The molecule has 0 unspecified atom stereocenters. The summed E-state index contributed by atoms with van der Waals surface area (Å²) in [6.45, 7) is 15.3. The highest BCUT2D eigenvalue weighted by atomic mass is 16.2. The topological polar surface area (TPSA) is 40.6 Å². The molecule has 4 nitrogen and oxygen atoms in total. The van der Waals surface area contributed by atoms with E-state index in [9.17, 15) is 9.59 Å². The Hall–Kier alpha value is -2.62. The van der Waals surface area contributed by atoms with Gasteiger partial charge in [-0.3, -0.25) is 9.59 Å². The fourth-order valence-electron chi connectivity index (χ4n) is 3.83. The second kappa shape index (κ2) is 9.09. The van der Waals surface area contributed by atoms with Crippen LogP contribution >= 0.6 is 0 Å². The van der Waals surface area contributed by atoms with Crippen molar-refractivity contribution < 1.29 is 9.59 Å². The number of benzene rings is 2. The Morgan fingerprint density at radius 2 is 1.50 bits per heavy atom. The lowest BCUT2D eigenvalue weighted by Gasteiger charge is -2.31. The van der Waals surface area contributed by atoms with Crippen molar-refractivity contribution in [3.05, 3.63) is 70.3 Å². The van der Waals surface area contributed by atoms with Crippen LogP contribution in [0.25, 0.3) is 0 Å². The first-order valence-electron chi connectivity index (χ1n) is 11.7. The molecule has 0 atom stereocenters. The Balaban J connectivity index is 1.76. The second-order valence-corrected chi connectivity index (χ2v) is 11.1. The van der Waals surface area contributed by atoms with Crippen molar-refractivity contribution in [1.29, 1.82) is 0 Å². The summed E-state index contributed by atoms with van der Waals surface area (Å²) in [7, 11) is 1.85. The Kier molecular flexibility index (Phi) is 6.83. The summed E-state index contributed by atoms with van der Waals surface area (Å²) in [5.41, 5.74) is 4.85. The van der Waals surface area contributed by atoms with Crippen molar-refractivity contribution in [2.45, 2.75) is 65.2 Å². The maximum atomic E-state index is 13.0. The molecular formula is C28H38N2O2. The number of nitrogens with zero attached hydrogens (tertiary/aromatic N) is 2. The number of hydrogen-bond acceptors (Lipinski definition) is 2. The summed E-state index contributed by atoms with van der Waals surface area (Å²) in [4.78, 5) is 29.6. The molecule has 0 aromatic heterocycles. The molecule has 32 heavy (non-hydrogen) atoms. The van der Waals surface area contributed by atoms with Crippen LogP contribution in [0.3, 0.4) is 0 Å². The largest absolute Gasteiger partial charge is 0.341 e. The maximum Gasteiger partial charge on any atom is 0.253 e. The number of likely N-dealkylation sites (N-methyl/N-ethyl adjacent to an activating group) is 1. The van der Waals surface area contributed by atoms with Crippen molar-refractivity contribution in [1.82, 2.24) is 9.80 Å². The van der Waals surface area contributed by atoms with Gasteiger partial charge < -0.3 is 9.80 Å². The number of carbonyl (C=O) groups excluding carboxylic acids is 2. The van der Waals surface area contributed by atoms with Gasteiger partial charge in [0.25, 0.3) is 11.8 Å². The Bertz CT molecular complexity index is 991. The van der Waals surface area contributed by atoms with E-state index >= 15 is 0 Å². The lowest BCUT2D eigenvalue weighted by Crippen LogP contribution is -2.42. The Morgan fingerprint density at radius 1 is 0.875 bits per heavy atom. The van der Waals surface area contributed by atoms with Crippen molar-refractivity contribution in [2.75, 3.05) is 26.7 Å². The summed E-state index contributed by atoms with van der Waals surface area (Å²) in [5.74, 6) is 0.145. The molecule has 1 heterocycles. The van der Waals surface area contributed by atoms with Gasteiger partial charge in [0.15, 0.2) is 0 Å². The van der Waals surface area contributed by atoms with Crippen LogP contribution in [0.2, 0.25) is 0 Å². The van der Waals surface area contributed by atoms with Crippen LogP contribution < -0.4 is 0 Å². The SMILES string of the molecule is CN(CCc1cc(C(=O)N2CCC2)cc(C(C)(C)C)c1)C(=O)c1cccc(C(C)(C)C)c1. The molecule has 0 aliphatic carbocycles. The Labute approximate surface area is 193 Å². The van der Waals surface area contributed by atoms with E-state index in [1.54, 1.807) is 4.90 Å². The third kappa shape index (κ3) is 5.59. The monoisotopic (exact) mass is 434 g/mol. The van der Waals surface area contributed by atoms with Gasteiger partial charge in [-0.25, -0.2) is 0 Å². The van der Waals surface area contributed by atoms with Crippen LogP contribution in [-0.2, 0) is 17.3 Å². The van der Waals surface area contributed by atoms with Crippen molar-refractivity contribution >= 4 is 11.8 Å². The van der Waals surface area contributed by atoms with Gasteiger partial charge in [-0.15, -0.1) is 0 Å². The zero-order chi connectivity index (χ0) is 23.7. The number of rotatable bonds is 5. The van der Waals surface area contributed by atoms with E-state index in [2.05, 4.69) is 53.7 Å². The molecule has 1 aliphatic rings. The van der Waals surface area contributed by atoms with Crippen LogP contribution in [0, 0.1) is 0 Å². The molecule has 0 bridgehead atoms. The van der Waals surface area contributed by atoms with E-state index in [-0.39, 0.29) is 22.6 Å². The standard InChI is InChI=1S/C28H38N2O2/c1-27(2,3)23-11-8-10-21(18-23)25(31)29(7)15-12-20-16-22(26(32)30-13-9-14-30)19-24(17-20)28(4,5)6/h8,10-11,16-19H,9,12-15H2,1-7H3. The highest BCUT2D eigenvalue weighted by Crippen LogP contribution is 2.27. The molecule has 0 radical (unpaired) electrons. The van der Waals surface area contributed by atoms with E-state index in [0.29, 0.717) is 13.0 Å². The third-order valence-corrected chi connectivity index (χ3v) is 6.31. The normalized spacial score (nSPS) is 14.2. The number of hydrogen-bond donors (Lipinski definition) is 0. The minimum atomic E-state index is -0.0465. The first kappa shape index (κ1) is 24.0. The van der Waals surface area contributed by atoms with Gasteiger partial charge in [-0.05, 0) is 64.6 Å². The van der Waals surface area contributed by atoms with Crippen molar-refractivity contribution in [3.8, 4) is 0 Å². The minimum Gasteiger partial charge on any atom is -0.341 e. The average molecular weight is 435 g/mol. The second-order valence-electron chi connectivity index (χ2n) is 11.1. The summed E-state index contributed by atoms with van der Waals surface area (Å²) in [6, 6.07) is 14.2. The van der Waals surface area contributed by atoms with Crippen LogP contribution in [0.15, 0.2) is 42.5 Å². The molecule has 4 heteroatoms. The molecule has 172 valence electrons. The molecular weight excluding hydrogens is 396 g/mol. The third-order valence-electron chi connectivity index (χ3n) is 6.31. The van der Waals surface area contributed by atoms with Crippen LogP contribution in [0.4, 0.5) is 0 Å². The molecule has 3 rings (SSSR count). The fourth-order valence-corrected chi connectivity index (χ4v) is 3.83. The summed E-state index contributed by atoms with van der Waals surface area (Å²) in [6.07, 6.45) is 1.80. The number of likely N-dealkylation sites (tertiary alicyclic amines) is 1. The molecule has 2 aromatic rings. The van der Waals surface area contributed by atoms with E-state index < -0.39 is 0 Å². The molecule has 2 aromatic carbocycles. The first-order chi connectivity index (χ1) is 14.9. The predicted octanol–water partition coefficient (Wildman–Crippen LogP) is 5.44. The van der Waals surface area contributed by atoms with E-state index in [0.717, 1.165) is 47.3 Å². The zero-order valence-corrected chi connectivity index (χ0v) is 20.8. The van der Waals surface area contributed by atoms with Crippen molar-refractivity contribution in [2.24, 2.45) is 0 Å². The average Bonchev–Trinajstić information content (AvgIpc) is 2.68. The van der Waals surface area contributed by atoms with Gasteiger partial charge in [0.05, 0.1) is 0 Å². The lowest BCUT2D eigenvalue weighted by atomic mass is 9.84. The van der Waals surface area contributed by atoms with Gasteiger partial charge in [-0.1, -0.05) is 59.7 Å². The van der Waals surface area contributed by atoms with E-state index in [4.69, 9.17) is 0 Å². The van der Waals surface area contributed by atoms with Gasteiger partial charge in [0.2, 0.25) is 0 Å². The van der Waals surface area contributed by atoms with Gasteiger partial charge >= 0.3 is 0 Å². The maximum absolute atomic E-state index is 13.0. The van der Waals surface area contributed by atoms with Crippen molar-refractivity contribution in [3.63, 3.8) is 0 Å². The van der Waals surface area contributed by atoms with Gasteiger partial charge in [-0.2, -0.15) is 0 Å². The number of amides is 2. The van der Waals surface area contributed by atoms with Gasteiger partial charge in [0, 0.05) is 37.8 Å². The van der Waals surface area contributed by atoms with Crippen LogP contribution in [0.5, 0.6) is 0 Å². The molecule has 2 amide bonds. The highest BCUT2D eigenvalue weighted by Gasteiger charge is 2.24. The summed E-state index contributed by atoms with van der Waals surface area (Å²) < 4.78 is 0. The smallest absolute Gasteiger partial charge is 0.253 e.